The molecule has 0 spiro atoms. The number of aliphatic hydroxyl groups is 2. The molecule has 0 aromatic heterocycles. The minimum absolute atomic E-state index is 0.159. The Hall–Kier alpha value is 0.360. The Balaban J connectivity index is 4.30. The highest BCUT2D eigenvalue weighted by atomic mass is 79.9. The maximum atomic E-state index is 8.94. The van der Waals surface area contributed by atoms with Crippen LogP contribution in [0.25, 0.3) is 0 Å². The van der Waals surface area contributed by atoms with Gasteiger partial charge in [0.2, 0.25) is 0 Å². The fourth-order valence-electron chi connectivity index (χ4n) is 1.73. The largest absolute Gasteiger partial charge is 0.395 e. The molecule has 0 aliphatic heterocycles. The Kier molecular flexibility index (Phi) is 8.71. The van der Waals surface area contributed by atoms with E-state index in [-0.39, 0.29) is 18.6 Å². The van der Waals surface area contributed by atoms with Crippen molar-refractivity contribution in [1.29, 1.82) is 0 Å². The minimum atomic E-state index is 0.159. The minimum Gasteiger partial charge on any atom is -0.395 e. The molecule has 0 saturated carbocycles. The quantitative estimate of drug-likeness (QED) is 0.629. The van der Waals surface area contributed by atoms with Gasteiger partial charge in [-0.1, -0.05) is 29.8 Å². The van der Waals surface area contributed by atoms with Crippen LogP contribution >= 0.6 is 15.9 Å². The Morgan fingerprint density at radius 3 is 1.80 bits per heavy atom. The third-order valence-corrected chi connectivity index (χ3v) is 4.36. The van der Waals surface area contributed by atoms with Gasteiger partial charge in [-0.05, 0) is 18.3 Å². The van der Waals surface area contributed by atoms with E-state index in [1.807, 2.05) is 0 Å². The fourth-order valence-corrected chi connectivity index (χ4v) is 2.70. The van der Waals surface area contributed by atoms with Crippen LogP contribution in [0.5, 0.6) is 0 Å². The van der Waals surface area contributed by atoms with Gasteiger partial charge in [-0.2, -0.15) is 0 Å². The SMILES string of the molecule is CCC(CC)(CBr)CN(CCO)CCO. The molecule has 0 rings (SSSR count). The first-order valence-corrected chi connectivity index (χ1v) is 6.80. The van der Waals surface area contributed by atoms with Crippen LogP contribution < -0.4 is 0 Å². The van der Waals surface area contributed by atoms with Crippen LogP contribution in [0.15, 0.2) is 0 Å². The number of rotatable bonds is 9. The molecule has 92 valence electrons. The van der Waals surface area contributed by atoms with E-state index in [9.17, 15) is 0 Å². The summed E-state index contributed by atoms with van der Waals surface area (Å²) < 4.78 is 0. The van der Waals surface area contributed by atoms with Crippen LogP contribution in [0, 0.1) is 5.41 Å². The molecule has 4 heteroatoms. The van der Waals surface area contributed by atoms with Crippen molar-refractivity contribution in [2.24, 2.45) is 5.41 Å². The van der Waals surface area contributed by atoms with Crippen molar-refractivity contribution < 1.29 is 10.2 Å². The van der Waals surface area contributed by atoms with Gasteiger partial charge in [0.1, 0.15) is 0 Å². The first-order valence-electron chi connectivity index (χ1n) is 5.68. The summed E-state index contributed by atoms with van der Waals surface area (Å²) in [5.74, 6) is 0. The molecule has 0 bridgehead atoms. The highest BCUT2D eigenvalue weighted by Gasteiger charge is 2.27. The van der Waals surface area contributed by atoms with Gasteiger partial charge in [-0.15, -0.1) is 0 Å². The first kappa shape index (κ1) is 15.4. The molecule has 0 aliphatic carbocycles. The van der Waals surface area contributed by atoms with E-state index in [4.69, 9.17) is 10.2 Å². The standard InChI is InChI=1S/C11H24BrNO2/c1-3-11(4-2,9-12)10-13(5-7-14)6-8-15/h14-15H,3-10H2,1-2H3. The molecule has 0 saturated heterocycles. The smallest absolute Gasteiger partial charge is 0.0558 e. The van der Waals surface area contributed by atoms with Crippen molar-refractivity contribution in [3.63, 3.8) is 0 Å². The predicted molar refractivity (Wildman–Crippen MR) is 67.4 cm³/mol. The third-order valence-electron chi connectivity index (χ3n) is 3.17. The van der Waals surface area contributed by atoms with Crippen molar-refractivity contribution in [2.75, 3.05) is 38.2 Å². The average molecular weight is 282 g/mol. The summed E-state index contributed by atoms with van der Waals surface area (Å²) >= 11 is 3.57. The maximum absolute atomic E-state index is 8.94. The van der Waals surface area contributed by atoms with E-state index >= 15 is 0 Å². The second kappa shape index (κ2) is 8.50. The van der Waals surface area contributed by atoms with Gasteiger partial charge < -0.3 is 10.2 Å². The zero-order valence-electron chi connectivity index (χ0n) is 9.88. The highest BCUT2D eigenvalue weighted by molar-refractivity contribution is 9.09. The van der Waals surface area contributed by atoms with Crippen molar-refractivity contribution in [3.05, 3.63) is 0 Å². The Labute approximate surface area is 102 Å². The number of nitrogens with zero attached hydrogens (tertiary/aromatic N) is 1. The van der Waals surface area contributed by atoms with E-state index in [0.717, 1.165) is 24.7 Å². The van der Waals surface area contributed by atoms with Crippen molar-refractivity contribution in [1.82, 2.24) is 4.90 Å². The molecule has 0 fully saturated rings. The summed E-state index contributed by atoms with van der Waals surface area (Å²) in [6, 6.07) is 0. The monoisotopic (exact) mass is 281 g/mol. The van der Waals surface area contributed by atoms with E-state index in [0.29, 0.717) is 13.1 Å². The lowest BCUT2D eigenvalue weighted by atomic mass is 9.84. The molecular weight excluding hydrogens is 258 g/mol. The number of alkyl halides is 1. The van der Waals surface area contributed by atoms with Gasteiger partial charge in [0.15, 0.2) is 0 Å². The highest BCUT2D eigenvalue weighted by Crippen LogP contribution is 2.29. The Morgan fingerprint density at radius 2 is 1.53 bits per heavy atom. The summed E-state index contributed by atoms with van der Waals surface area (Å²) in [6.45, 7) is 6.94. The van der Waals surface area contributed by atoms with Crippen molar-refractivity contribution in [2.45, 2.75) is 26.7 Å². The van der Waals surface area contributed by atoms with Crippen LogP contribution in [0.2, 0.25) is 0 Å². The molecule has 0 aromatic rings. The van der Waals surface area contributed by atoms with Crippen LogP contribution in [0.3, 0.4) is 0 Å². The number of hydrogen-bond acceptors (Lipinski definition) is 3. The average Bonchev–Trinajstić information content (AvgIpc) is 2.27. The lowest BCUT2D eigenvalue weighted by molar-refractivity contribution is 0.110. The number of aliphatic hydroxyl groups excluding tert-OH is 2. The zero-order chi connectivity index (χ0) is 11.7. The molecular formula is C11H24BrNO2. The van der Waals surface area contributed by atoms with Gasteiger partial charge in [-0.3, -0.25) is 4.90 Å². The van der Waals surface area contributed by atoms with E-state index in [1.165, 1.54) is 0 Å². The third kappa shape index (κ3) is 5.29. The molecule has 0 atom stereocenters. The van der Waals surface area contributed by atoms with Crippen LogP contribution in [0.1, 0.15) is 26.7 Å². The second-order valence-electron chi connectivity index (χ2n) is 4.06. The van der Waals surface area contributed by atoms with E-state index in [2.05, 4.69) is 34.7 Å². The molecule has 0 aliphatic rings. The van der Waals surface area contributed by atoms with Gasteiger partial charge >= 0.3 is 0 Å². The van der Waals surface area contributed by atoms with Gasteiger partial charge in [-0.25, -0.2) is 0 Å². The lowest BCUT2D eigenvalue weighted by Gasteiger charge is -2.35. The topological polar surface area (TPSA) is 43.7 Å². The maximum Gasteiger partial charge on any atom is 0.0558 e. The predicted octanol–water partition coefficient (Wildman–Crippen LogP) is 1.47. The van der Waals surface area contributed by atoms with Gasteiger partial charge in [0.05, 0.1) is 13.2 Å². The second-order valence-corrected chi connectivity index (χ2v) is 4.62. The summed E-state index contributed by atoms with van der Waals surface area (Å²) in [6.07, 6.45) is 2.23. The Bertz CT molecular complexity index is 137. The molecule has 0 unspecified atom stereocenters. The molecule has 0 heterocycles. The molecule has 0 radical (unpaired) electrons. The fraction of sp³-hybridized carbons (Fsp3) is 1.00. The summed E-state index contributed by atoms with van der Waals surface area (Å²) in [7, 11) is 0. The normalized spacial score (nSPS) is 12.4. The van der Waals surface area contributed by atoms with Crippen molar-refractivity contribution >= 4 is 15.9 Å². The molecule has 0 aromatic carbocycles. The molecule has 15 heavy (non-hydrogen) atoms. The molecule has 2 N–H and O–H groups in total. The van der Waals surface area contributed by atoms with Crippen molar-refractivity contribution in [3.8, 4) is 0 Å². The van der Waals surface area contributed by atoms with Gasteiger partial charge in [0, 0.05) is 25.0 Å². The van der Waals surface area contributed by atoms with E-state index < -0.39 is 0 Å². The van der Waals surface area contributed by atoms with Crippen LogP contribution in [-0.2, 0) is 0 Å². The van der Waals surface area contributed by atoms with Crippen LogP contribution in [0.4, 0.5) is 0 Å². The number of hydrogen-bond donors (Lipinski definition) is 2. The van der Waals surface area contributed by atoms with Gasteiger partial charge in [0.25, 0.3) is 0 Å². The number of halogens is 1. The summed E-state index contributed by atoms with van der Waals surface area (Å²) in [4.78, 5) is 2.13. The Morgan fingerprint density at radius 1 is 1.07 bits per heavy atom. The summed E-state index contributed by atoms with van der Waals surface area (Å²) in [5, 5.41) is 18.9. The van der Waals surface area contributed by atoms with Crippen LogP contribution in [-0.4, -0.2) is 53.3 Å². The first-order chi connectivity index (χ1) is 7.17. The molecule has 0 amide bonds. The van der Waals surface area contributed by atoms with E-state index in [1.54, 1.807) is 0 Å². The summed E-state index contributed by atoms with van der Waals surface area (Å²) in [5.41, 5.74) is 0.268. The lowest BCUT2D eigenvalue weighted by Crippen LogP contribution is -2.41. The zero-order valence-corrected chi connectivity index (χ0v) is 11.5. The molecule has 3 nitrogen and oxygen atoms in total.